The third-order valence-electron chi connectivity index (χ3n) is 2.65. The average molecular weight is 346 g/mol. The second-order valence-electron chi connectivity index (χ2n) is 4.62. The first-order valence-corrected chi connectivity index (χ1v) is 8.35. The van der Waals surface area contributed by atoms with Gasteiger partial charge in [0.2, 0.25) is 0 Å². The molecule has 0 bridgehead atoms. The maximum Gasteiger partial charge on any atom is 0.346 e. The number of carbonyl (C=O) groups is 1. The van der Waals surface area contributed by atoms with Crippen LogP contribution in [-0.4, -0.2) is 31.1 Å². The van der Waals surface area contributed by atoms with Gasteiger partial charge in [0.25, 0.3) is 0 Å². The molecule has 7 nitrogen and oxygen atoms in total. The van der Waals surface area contributed by atoms with Crippen molar-refractivity contribution >= 4 is 39.2 Å². The highest BCUT2D eigenvalue weighted by Gasteiger charge is 2.17. The number of carbonyl (C=O) groups excluding carboxylic acids is 1. The van der Waals surface area contributed by atoms with E-state index in [1.54, 1.807) is 0 Å². The number of fused-ring (bicyclic) bond motifs is 1. The third kappa shape index (κ3) is 6.70. The molecule has 0 saturated carbocycles. The SMILES string of the molecule is CS(=O)(=O)[O-].NC(N)=[NH+]C(=O)/C=C1\CCc2ccc(Cl)cc21. The van der Waals surface area contributed by atoms with Crippen LogP contribution >= 0.6 is 11.6 Å². The summed E-state index contributed by atoms with van der Waals surface area (Å²) in [6.45, 7) is 0. The summed E-state index contributed by atoms with van der Waals surface area (Å²) >= 11 is 5.94. The van der Waals surface area contributed by atoms with Crippen LogP contribution in [0.25, 0.3) is 5.57 Å². The zero-order valence-electron chi connectivity index (χ0n) is 11.8. The molecule has 0 unspecified atom stereocenters. The molecule has 0 aliphatic heterocycles. The van der Waals surface area contributed by atoms with Crippen molar-refractivity contribution in [2.24, 2.45) is 11.5 Å². The van der Waals surface area contributed by atoms with Crippen LogP contribution in [0.5, 0.6) is 0 Å². The Hall–Kier alpha value is -1.90. The summed E-state index contributed by atoms with van der Waals surface area (Å²) in [4.78, 5) is 13.8. The average Bonchev–Trinajstić information content (AvgIpc) is 2.68. The van der Waals surface area contributed by atoms with E-state index < -0.39 is 10.1 Å². The quantitative estimate of drug-likeness (QED) is 0.250. The molecule has 1 aromatic rings. The van der Waals surface area contributed by atoms with E-state index >= 15 is 0 Å². The largest absolute Gasteiger partial charge is 0.748 e. The van der Waals surface area contributed by atoms with E-state index in [0.717, 1.165) is 24.0 Å². The van der Waals surface area contributed by atoms with Crippen molar-refractivity contribution in [1.29, 1.82) is 0 Å². The van der Waals surface area contributed by atoms with Crippen molar-refractivity contribution in [1.82, 2.24) is 0 Å². The smallest absolute Gasteiger partial charge is 0.346 e. The predicted molar refractivity (Wildman–Crippen MR) is 82.7 cm³/mol. The van der Waals surface area contributed by atoms with Gasteiger partial charge in [-0.25, -0.2) is 13.4 Å². The van der Waals surface area contributed by atoms with Gasteiger partial charge in [0.15, 0.2) is 0 Å². The Morgan fingerprint density at radius 3 is 2.50 bits per heavy atom. The van der Waals surface area contributed by atoms with Crippen LogP contribution in [0.2, 0.25) is 5.02 Å². The topological polar surface area (TPSA) is 140 Å². The summed E-state index contributed by atoms with van der Waals surface area (Å²) in [7, 11) is -3.92. The minimum absolute atomic E-state index is 0.101. The number of nitrogens with one attached hydrogen (secondary N) is 1. The number of nitrogens with two attached hydrogens (primary N) is 2. The van der Waals surface area contributed by atoms with Gasteiger partial charge in [-0.2, -0.15) is 0 Å². The molecule has 0 heterocycles. The van der Waals surface area contributed by atoms with E-state index in [-0.39, 0.29) is 11.9 Å². The van der Waals surface area contributed by atoms with Gasteiger partial charge in [-0.15, -0.1) is 0 Å². The van der Waals surface area contributed by atoms with E-state index in [1.807, 2.05) is 18.2 Å². The highest BCUT2D eigenvalue weighted by atomic mass is 35.5. The highest BCUT2D eigenvalue weighted by molar-refractivity contribution is 7.84. The molecule has 0 fully saturated rings. The van der Waals surface area contributed by atoms with Crippen LogP contribution in [0.15, 0.2) is 24.3 Å². The standard InChI is InChI=1S/C12H12ClN3O.CH4O3S/c13-9-4-3-7-1-2-8(10(7)6-9)5-11(17)16-12(14)15;1-5(2,3)4/h3-6H,1-2H2,(H4,14,15,16,17);1H3,(H,2,3,4)/b8-5+;. The van der Waals surface area contributed by atoms with Crippen LogP contribution in [0, 0.1) is 0 Å². The second kappa shape index (κ2) is 7.39. The molecule has 22 heavy (non-hydrogen) atoms. The summed E-state index contributed by atoms with van der Waals surface area (Å²) in [5.74, 6) is -0.413. The van der Waals surface area contributed by atoms with Crippen LogP contribution in [-0.2, 0) is 21.3 Å². The molecule has 1 aromatic carbocycles. The molecule has 1 aliphatic carbocycles. The van der Waals surface area contributed by atoms with Crippen LogP contribution in [0.4, 0.5) is 0 Å². The van der Waals surface area contributed by atoms with Crippen molar-refractivity contribution in [3.63, 3.8) is 0 Å². The fourth-order valence-corrected chi connectivity index (χ4v) is 2.13. The lowest BCUT2D eigenvalue weighted by molar-refractivity contribution is -0.372. The number of amides is 1. The summed E-state index contributed by atoms with van der Waals surface area (Å²) < 4.78 is 27.2. The molecule has 0 saturated heterocycles. The lowest BCUT2D eigenvalue weighted by Gasteiger charge is -2.00. The molecule has 5 N–H and O–H groups in total. The van der Waals surface area contributed by atoms with E-state index in [4.69, 9.17) is 36.0 Å². The Labute approximate surface area is 133 Å². The molecule has 0 radical (unpaired) electrons. The summed E-state index contributed by atoms with van der Waals surface area (Å²) in [6, 6.07) is 5.72. The van der Waals surface area contributed by atoms with Gasteiger partial charge in [-0.05, 0) is 41.7 Å². The second-order valence-corrected chi connectivity index (χ2v) is 6.46. The molecule has 0 aromatic heterocycles. The Kier molecular flexibility index (Phi) is 6.10. The number of aryl methyl sites for hydroxylation is 1. The van der Waals surface area contributed by atoms with Crippen molar-refractivity contribution < 1.29 is 22.8 Å². The first kappa shape index (κ1) is 18.1. The highest BCUT2D eigenvalue weighted by Crippen LogP contribution is 2.33. The number of allylic oxidation sites excluding steroid dienone is 1. The molecule has 2 rings (SSSR count). The molecule has 1 amide bonds. The first-order valence-electron chi connectivity index (χ1n) is 6.15. The molecule has 9 heteroatoms. The van der Waals surface area contributed by atoms with Gasteiger partial charge in [0, 0.05) is 17.4 Å². The van der Waals surface area contributed by atoms with E-state index in [9.17, 15) is 4.79 Å². The van der Waals surface area contributed by atoms with E-state index in [2.05, 4.69) is 4.99 Å². The number of benzene rings is 1. The number of guanidine groups is 1. The normalized spacial score (nSPS) is 14.8. The summed E-state index contributed by atoms with van der Waals surface area (Å²) in [5, 5.41) is 0.668. The summed E-state index contributed by atoms with van der Waals surface area (Å²) in [5.41, 5.74) is 13.6. The Morgan fingerprint density at radius 2 is 1.95 bits per heavy atom. The van der Waals surface area contributed by atoms with Crippen molar-refractivity contribution in [3.05, 3.63) is 40.4 Å². The zero-order valence-corrected chi connectivity index (χ0v) is 13.4. The van der Waals surface area contributed by atoms with Gasteiger partial charge in [0.1, 0.15) is 0 Å². The van der Waals surface area contributed by atoms with Crippen LogP contribution in [0.3, 0.4) is 0 Å². The first-order chi connectivity index (χ1) is 10.1. The van der Waals surface area contributed by atoms with Gasteiger partial charge in [-0.3, -0.25) is 16.3 Å². The van der Waals surface area contributed by atoms with Crippen molar-refractivity contribution in [2.45, 2.75) is 12.8 Å². The zero-order chi connectivity index (χ0) is 16.9. The minimum atomic E-state index is -3.92. The molecule has 120 valence electrons. The Bertz CT molecular complexity index is 730. The Balaban J connectivity index is 0.000000422. The molecule has 1 aliphatic rings. The lowest BCUT2D eigenvalue weighted by Crippen LogP contribution is -2.81. The van der Waals surface area contributed by atoms with Gasteiger partial charge in [-0.1, -0.05) is 17.7 Å². The van der Waals surface area contributed by atoms with Crippen LogP contribution in [0.1, 0.15) is 17.5 Å². The van der Waals surface area contributed by atoms with Gasteiger partial charge in [0.05, 0.1) is 10.1 Å². The maximum absolute atomic E-state index is 11.5. The molecular weight excluding hydrogens is 330 g/mol. The van der Waals surface area contributed by atoms with Gasteiger partial charge >= 0.3 is 11.9 Å². The fraction of sp³-hybridized carbons (Fsp3) is 0.231. The van der Waals surface area contributed by atoms with Crippen molar-refractivity contribution in [2.75, 3.05) is 6.26 Å². The molecular formula is C13H16ClN3O4S. The minimum Gasteiger partial charge on any atom is -0.748 e. The van der Waals surface area contributed by atoms with Gasteiger partial charge < -0.3 is 4.55 Å². The maximum atomic E-state index is 11.5. The molecule has 0 atom stereocenters. The number of halogens is 1. The lowest BCUT2D eigenvalue weighted by atomic mass is 10.1. The fourth-order valence-electron chi connectivity index (χ4n) is 1.96. The number of rotatable bonds is 1. The number of hydrogen-bond donors (Lipinski definition) is 3. The summed E-state index contributed by atoms with van der Waals surface area (Å²) in [6.07, 6.45) is 3.87. The molecule has 0 spiro atoms. The monoisotopic (exact) mass is 345 g/mol. The van der Waals surface area contributed by atoms with Crippen molar-refractivity contribution in [3.8, 4) is 0 Å². The number of hydrogen-bond acceptors (Lipinski definition) is 4. The van der Waals surface area contributed by atoms with E-state index in [1.165, 1.54) is 11.6 Å². The van der Waals surface area contributed by atoms with Crippen LogP contribution < -0.4 is 16.5 Å². The predicted octanol–water partition coefficient (Wildman–Crippen LogP) is -1.29. The Morgan fingerprint density at radius 1 is 1.36 bits per heavy atom. The van der Waals surface area contributed by atoms with E-state index in [0.29, 0.717) is 11.3 Å². The third-order valence-corrected chi connectivity index (χ3v) is 2.89.